The Hall–Kier alpha value is -2.07. The van der Waals surface area contributed by atoms with E-state index in [2.05, 4.69) is 29.1 Å². The smallest absolute Gasteiger partial charge is 0.123 e. The molecule has 0 saturated carbocycles. The Morgan fingerprint density at radius 2 is 1.89 bits per heavy atom. The first-order valence-corrected chi connectivity index (χ1v) is 6.19. The highest BCUT2D eigenvalue weighted by molar-refractivity contribution is 5.32. The molecular weight excluding hydrogens is 238 g/mol. The third-order valence-electron chi connectivity index (χ3n) is 2.88. The highest BCUT2D eigenvalue weighted by atomic mass is 16.5. The van der Waals surface area contributed by atoms with Gasteiger partial charge in [0.05, 0.1) is 7.11 Å². The van der Waals surface area contributed by atoms with Gasteiger partial charge in [0, 0.05) is 19.3 Å². The van der Waals surface area contributed by atoms with E-state index in [-0.39, 0.29) is 0 Å². The van der Waals surface area contributed by atoms with Gasteiger partial charge in [0.2, 0.25) is 0 Å². The van der Waals surface area contributed by atoms with E-state index >= 15 is 0 Å². The number of pyridine rings is 1. The molecule has 0 unspecified atom stereocenters. The fourth-order valence-corrected chi connectivity index (χ4v) is 2.04. The van der Waals surface area contributed by atoms with Gasteiger partial charge < -0.3 is 10.5 Å². The van der Waals surface area contributed by atoms with E-state index in [9.17, 15) is 0 Å². The van der Waals surface area contributed by atoms with Crippen LogP contribution in [0.4, 0.5) is 5.82 Å². The minimum Gasteiger partial charge on any atom is -0.497 e. The molecule has 19 heavy (non-hydrogen) atoms. The summed E-state index contributed by atoms with van der Waals surface area (Å²) in [5, 5.41) is 0. The molecule has 0 bridgehead atoms. The Kier molecular flexibility index (Phi) is 4.36. The molecule has 2 aromatic rings. The molecular formula is C15H19N3O. The van der Waals surface area contributed by atoms with Crippen molar-refractivity contribution in [1.82, 2.24) is 9.88 Å². The summed E-state index contributed by atoms with van der Waals surface area (Å²) in [6.07, 6.45) is 1.74. The van der Waals surface area contributed by atoms with Gasteiger partial charge in [0.25, 0.3) is 0 Å². The van der Waals surface area contributed by atoms with Gasteiger partial charge in [-0.15, -0.1) is 0 Å². The zero-order chi connectivity index (χ0) is 13.7. The number of hydrogen-bond acceptors (Lipinski definition) is 4. The first kappa shape index (κ1) is 13.4. The molecule has 100 valence electrons. The number of nitrogens with two attached hydrogens (primary N) is 1. The molecule has 2 N–H and O–H groups in total. The molecule has 1 aromatic carbocycles. The Labute approximate surface area is 113 Å². The maximum atomic E-state index is 5.68. The van der Waals surface area contributed by atoms with Crippen molar-refractivity contribution in [3.63, 3.8) is 0 Å². The van der Waals surface area contributed by atoms with Gasteiger partial charge in [-0.3, -0.25) is 4.90 Å². The highest BCUT2D eigenvalue weighted by Gasteiger charge is 2.03. The van der Waals surface area contributed by atoms with Crippen LogP contribution in [-0.4, -0.2) is 24.0 Å². The van der Waals surface area contributed by atoms with Gasteiger partial charge in [0.1, 0.15) is 11.6 Å². The fraction of sp³-hybridized carbons (Fsp3) is 0.267. The normalized spacial score (nSPS) is 10.7. The highest BCUT2D eigenvalue weighted by Crippen LogP contribution is 2.15. The fourth-order valence-electron chi connectivity index (χ4n) is 2.04. The quantitative estimate of drug-likeness (QED) is 0.893. The predicted molar refractivity (Wildman–Crippen MR) is 76.8 cm³/mol. The lowest BCUT2D eigenvalue weighted by Crippen LogP contribution is -2.17. The minimum atomic E-state index is 0.562. The summed E-state index contributed by atoms with van der Waals surface area (Å²) in [5.41, 5.74) is 8.07. The Morgan fingerprint density at radius 1 is 1.16 bits per heavy atom. The van der Waals surface area contributed by atoms with Crippen LogP contribution in [0.25, 0.3) is 0 Å². The van der Waals surface area contributed by atoms with E-state index in [4.69, 9.17) is 10.5 Å². The summed E-state index contributed by atoms with van der Waals surface area (Å²) in [4.78, 5) is 6.22. The average molecular weight is 257 g/mol. The predicted octanol–water partition coefficient (Wildman–Crippen LogP) is 2.30. The number of nitrogen functional groups attached to an aromatic ring is 1. The third-order valence-corrected chi connectivity index (χ3v) is 2.88. The van der Waals surface area contributed by atoms with Gasteiger partial charge >= 0.3 is 0 Å². The molecule has 0 aliphatic heterocycles. The lowest BCUT2D eigenvalue weighted by Gasteiger charge is -2.17. The first-order chi connectivity index (χ1) is 9.17. The zero-order valence-corrected chi connectivity index (χ0v) is 11.3. The van der Waals surface area contributed by atoms with Crippen molar-refractivity contribution in [2.45, 2.75) is 13.1 Å². The molecule has 4 nitrogen and oxygen atoms in total. The number of aromatic nitrogens is 1. The molecule has 0 aliphatic rings. The topological polar surface area (TPSA) is 51.4 Å². The van der Waals surface area contributed by atoms with Gasteiger partial charge in [-0.1, -0.05) is 12.1 Å². The van der Waals surface area contributed by atoms with Gasteiger partial charge in [-0.2, -0.15) is 0 Å². The van der Waals surface area contributed by atoms with E-state index in [1.807, 2.05) is 24.3 Å². The average Bonchev–Trinajstić information content (AvgIpc) is 2.38. The van der Waals surface area contributed by atoms with Crippen LogP contribution in [0.2, 0.25) is 0 Å². The molecule has 1 aromatic heterocycles. The number of benzene rings is 1. The molecule has 0 fully saturated rings. The molecule has 0 saturated heterocycles. The third kappa shape index (κ3) is 3.96. The lowest BCUT2D eigenvalue weighted by molar-refractivity contribution is 0.318. The van der Waals surface area contributed by atoms with Gasteiger partial charge in [-0.05, 0) is 42.4 Å². The standard InChI is InChI=1S/C15H19N3O/c1-18(11-13-6-7-17-15(16)9-13)10-12-4-3-5-14(8-12)19-2/h3-9H,10-11H2,1-2H3,(H2,16,17). The van der Waals surface area contributed by atoms with E-state index in [1.165, 1.54) is 5.56 Å². The maximum absolute atomic E-state index is 5.68. The number of rotatable bonds is 5. The van der Waals surface area contributed by atoms with E-state index < -0.39 is 0 Å². The van der Waals surface area contributed by atoms with Crippen LogP contribution < -0.4 is 10.5 Å². The number of ether oxygens (including phenoxy) is 1. The molecule has 4 heteroatoms. The SMILES string of the molecule is COc1cccc(CN(C)Cc2ccnc(N)c2)c1. The zero-order valence-electron chi connectivity index (χ0n) is 11.3. The van der Waals surface area contributed by atoms with E-state index in [0.717, 1.165) is 24.4 Å². The summed E-state index contributed by atoms with van der Waals surface area (Å²) >= 11 is 0. The summed E-state index contributed by atoms with van der Waals surface area (Å²) in [5.74, 6) is 1.45. The number of methoxy groups -OCH3 is 1. The molecule has 0 radical (unpaired) electrons. The Morgan fingerprint density at radius 3 is 2.58 bits per heavy atom. The second kappa shape index (κ2) is 6.20. The number of hydrogen-bond donors (Lipinski definition) is 1. The van der Waals surface area contributed by atoms with Crippen LogP contribution in [0.3, 0.4) is 0 Å². The van der Waals surface area contributed by atoms with Crippen LogP contribution in [0.1, 0.15) is 11.1 Å². The van der Waals surface area contributed by atoms with Crippen molar-refractivity contribution in [3.05, 3.63) is 53.7 Å². The van der Waals surface area contributed by atoms with Crippen molar-refractivity contribution < 1.29 is 4.74 Å². The van der Waals surface area contributed by atoms with Crippen molar-refractivity contribution >= 4 is 5.82 Å². The molecule has 0 atom stereocenters. The second-order valence-electron chi connectivity index (χ2n) is 4.61. The van der Waals surface area contributed by atoms with Crippen molar-refractivity contribution in [3.8, 4) is 5.75 Å². The van der Waals surface area contributed by atoms with Crippen LogP contribution in [0.5, 0.6) is 5.75 Å². The van der Waals surface area contributed by atoms with Crippen molar-refractivity contribution in [1.29, 1.82) is 0 Å². The summed E-state index contributed by atoms with van der Waals surface area (Å²) in [6, 6.07) is 12.0. The molecule has 2 rings (SSSR count). The molecule has 1 heterocycles. The summed E-state index contributed by atoms with van der Waals surface area (Å²) < 4.78 is 5.23. The van der Waals surface area contributed by atoms with Crippen molar-refractivity contribution in [2.24, 2.45) is 0 Å². The summed E-state index contributed by atoms with van der Waals surface area (Å²) in [7, 11) is 3.76. The monoisotopic (exact) mass is 257 g/mol. The number of nitrogens with zero attached hydrogens (tertiary/aromatic N) is 2. The lowest BCUT2D eigenvalue weighted by atomic mass is 10.2. The van der Waals surface area contributed by atoms with Gasteiger partial charge in [0.15, 0.2) is 0 Å². The van der Waals surface area contributed by atoms with Crippen molar-refractivity contribution in [2.75, 3.05) is 19.9 Å². The molecule has 0 aliphatic carbocycles. The summed E-state index contributed by atoms with van der Waals surface area (Å²) in [6.45, 7) is 1.70. The second-order valence-corrected chi connectivity index (χ2v) is 4.61. The minimum absolute atomic E-state index is 0.562. The van der Waals surface area contributed by atoms with Gasteiger partial charge in [-0.25, -0.2) is 4.98 Å². The Bertz CT molecular complexity index is 542. The van der Waals surface area contributed by atoms with E-state index in [0.29, 0.717) is 5.82 Å². The van der Waals surface area contributed by atoms with E-state index in [1.54, 1.807) is 13.3 Å². The van der Waals surface area contributed by atoms with Crippen LogP contribution in [0, 0.1) is 0 Å². The first-order valence-electron chi connectivity index (χ1n) is 6.19. The maximum Gasteiger partial charge on any atom is 0.123 e. The van der Waals surface area contributed by atoms with Crippen LogP contribution in [0.15, 0.2) is 42.6 Å². The van der Waals surface area contributed by atoms with Crippen LogP contribution in [-0.2, 0) is 13.1 Å². The molecule has 0 amide bonds. The largest absolute Gasteiger partial charge is 0.497 e. The Balaban J connectivity index is 1.98. The molecule has 0 spiro atoms. The number of anilines is 1. The van der Waals surface area contributed by atoms with Crippen LogP contribution >= 0.6 is 0 Å².